The molecule has 146 valence electrons. The zero-order chi connectivity index (χ0) is 16.5. The van der Waals surface area contributed by atoms with Crippen molar-refractivity contribution in [3.05, 3.63) is 7.43 Å². The van der Waals surface area contributed by atoms with E-state index in [0.717, 1.165) is 12.8 Å². The molecule has 1 saturated heterocycles. The number of aliphatic hydroxyl groups is 1. The van der Waals surface area contributed by atoms with Crippen LogP contribution in [-0.4, -0.2) is 53.0 Å². The summed E-state index contributed by atoms with van der Waals surface area (Å²) in [6, 6.07) is -0.802. The number of hydrogen-bond acceptors (Lipinski definition) is 4. The average molecular weight is 544 g/mol. The van der Waals surface area contributed by atoms with E-state index >= 15 is 0 Å². The Balaban J connectivity index is 0. The number of rotatable bonds is 5. The number of primary amides is 1. The van der Waals surface area contributed by atoms with Gasteiger partial charge in [0.1, 0.15) is 6.04 Å². The fourth-order valence-corrected chi connectivity index (χ4v) is 3.33. The molecule has 0 bridgehead atoms. The second-order valence-electron chi connectivity index (χ2n) is 6.75. The van der Waals surface area contributed by atoms with Crippen LogP contribution in [0.15, 0.2) is 0 Å². The van der Waals surface area contributed by atoms with Gasteiger partial charge in [0.15, 0.2) is 0 Å². The summed E-state index contributed by atoms with van der Waals surface area (Å²) < 4.78 is 0. The first-order valence-corrected chi connectivity index (χ1v) is 7.82. The minimum atomic E-state index is -0.920. The number of nitrogens with zero attached hydrogens (tertiary/aromatic N) is 1. The van der Waals surface area contributed by atoms with Crippen molar-refractivity contribution in [1.29, 1.82) is 0 Å². The molecular formula is C16H30N3O4SW-. The summed E-state index contributed by atoms with van der Waals surface area (Å²) in [4.78, 5) is 36.7. The second kappa shape index (κ2) is 10.5. The summed E-state index contributed by atoms with van der Waals surface area (Å²) in [6.45, 7) is 3.73. The van der Waals surface area contributed by atoms with Gasteiger partial charge in [-0.2, -0.15) is 13.5 Å². The van der Waals surface area contributed by atoms with Gasteiger partial charge in [0.25, 0.3) is 0 Å². The molecule has 25 heavy (non-hydrogen) atoms. The molecule has 0 radical (unpaired) electrons. The Morgan fingerprint density at radius 3 is 2.24 bits per heavy atom. The number of nitrogens with one attached hydrogen (secondary N) is 1. The summed E-state index contributed by atoms with van der Waals surface area (Å²) in [6.07, 6.45) is 2.92. The van der Waals surface area contributed by atoms with E-state index in [1.54, 1.807) is 0 Å². The van der Waals surface area contributed by atoms with Crippen LogP contribution in [0.5, 0.6) is 0 Å². The van der Waals surface area contributed by atoms with Crippen LogP contribution in [-0.2, 0) is 35.4 Å². The van der Waals surface area contributed by atoms with E-state index in [9.17, 15) is 19.5 Å². The van der Waals surface area contributed by atoms with Gasteiger partial charge >= 0.3 is 0 Å². The van der Waals surface area contributed by atoms with E-state index in [1.165, 1.54) is 4.90 Å². The van der Waals surface area contributed by atoms with Gasteiger partial charge in [0.05, 0.1) is 12.0 Å². The van der Waals surface area contributed by atoms with Gasteiger partial charge in [0.2, 0.25) is 17.7 Å². The molecule has 0 unspecified atom stereocenters. The van der Waals surface area contributed by atoms with Crippen LogP contribution < -0.4 is 11.1 Å². The van der Waals surface area contributed by atoms with Gasteiger partial charge in [-0.25, -0.2) is 0 Å². The molecule has 3 amide bonds. The van der Waals surface area contributed by atoms with Crippen LogP contribution in [0.25, 0.3) is 0 Å². The maximum absolute atomic E-state index is 12.4. The van der Waals surface area contributed by atoms with Crippen molar-refractivity contribution in [2.75, 3.05) is 13.2 Å². The molecule has 7 nitrogen and oxygen atoms in total. The molecule has 2 rings (SSSR count). The third kappa shape index (κ3) is 5.44. The predicted octanol–water partition coefficient (Wildman–Crippen LogP) is -0.0634. The molecule has 1 heterocycles. The van der Waals surface area contributed by atoms with Crippen LogP contribution in [0.2, 0.25) is 0 Å². The van der Waals surface area contributed by atoms with Gasteiger partial charge in [-0.05, 0) is 25.7 Å². The van der Waals surface area contributed by atoms with E-state index < -0.39 is 24.0 Å². The first-order chi connectivity index (χ1) is 10.3. The molecule has 0 aromatic heterocycles. The maximum atomic E-state index is 12.4. The van der Waals surface area contributed by atoms with E-state index in [2.05, 4.69) is 5.32 Å². The predicted molar refractivity (Wildman–Crippen MR) is 96.2 cm³/mol. The molecule has 1 saturated carbocycles. The van der Waals surface area contributed by atoms with Crippen molar-refractivity contribution in [2.45, 2.75) is 51.6 Å². The van der Waals surface area contributed by atoms with Gasteiger partial charge in [-0.3, -0.25) is 14.4 Å². The first-order valence-electron chi connectivity index (χ1n) is 7.82. The Kier molecular flexibility index (Phi) is 11.2. The number of carbonyl (C=O) groups excluding carboxylic acids is 3. The first kappa shape index (κ1) is 26.6. The summed E-state index contributed by atoms with van der Waals surface area (Å²) in [5, 5.41) is 12.2. The van der Waals surface area contributed by atoms with Crippen molar-refractivity contribution < 1.29 is 40.6 Å². The van der Waals surface area contributed by atoms with Crippen LogP contribution >= 0.6 is 13.5 Å². The zero-order valence-corrected chi connectivity index (χ0v) is 19.0. The molecule has 0 aromatic carbocycles. The fraction of sp³-hybridized carbons (Fsp3) is 0.750. The number of likely N-dealkylation sites (tertiary alicyclic amines) is 1. The molecule has 2 fully saturated rings. The van der Waals surface area contributed by atoms with Gasteiger partial charge < -0.3 is 28.5 Å². The molecule has 1 atom stereocenters. The Morgan fingerprint density at radius 1 is 1.36 bits per heavy atom. The number of carbonyl (C=O) groups is 3. The summed E-state index contributed by atoms with van der Waals surface area (Å²) in [5.74, 6) is -0.781. The molecule has 2 aliphatic rings. The van der Waals surface area contributed by atoms with Crippen molar-refractivity contribution in [3.8, 4) is 0 Å². The summed E-state index contributed by atoms with van der Waals surface area (Å²) in [5.41, 5.74) is 4.77. The number of nitrogens with two attached hydrogens (primary N) is 1. The fourth-order valence-electron chi connectivity index (χ4n) is 3.33. The van der Waals surface area contributed by atoms with Crippen molar-refractivity contribution in [3.63, 3.8) is 0 Å². The van der Waals surface area contributed by atoms with Gasteiger partial charge in [0, 0.05) is 39.6 Å². The molecule has 1 spiro atoms. The monoisotopic (exact) mass is 544 g/mol. The standard InChI is InChI=1S/C15H25N3O4.CH3.H2S.W/c1-9(2)13(21)17-10-3-5-15(6-4-10)8-18(14(15)22)11(7-19)12(16)20;;;/h9-11,19H,3-8H2,1-2H3,(H2,16,20)(H,17,21);1H3;1H2;/q;-1;;/t10?,11-,15?;;;/m0.../s1. The third-order valence-electron chi connectivity index (χ3n) is 4.88. The molecule has 0 aromatic rings. The quantitative estimate of drug-likeness (QED) is 0.333. The third-order valence-corrected chi connectivity index (χ3v) is 4.88. The van der Waals surface area contributed by atoms with E-state index in [1.807, 2.05) is 13.8 Å². The molecular weight excluding hydrogens is 514 g/mol. The molecule has 1 aliphatic carbocycles. The number of amides is 3. The largest absolute Gasteiger partial charge is 0.394 e. The molecule has 4 N–H and O–H groups in total. The second-order valence-corrected chi connectivity index (χ2v) is 6.75. The Bertz CT molecular complexity index is 482. The number of hydrogen-bond donors (Lipinski definition) is 3. The van der Waals surface area contributed by atoms with Crippen LogP contribution in [0, 0.1) is 18.8 Å². The van der Waals surface area contributed by atoms with Crippen LogP contribution in [0.3, 0.4) is 0 Å². The van der Waals surface area contributed by atoms with Gasteiger partial charge in [-0.15, -0.1) is 0 Å². The van der Waals surface area contributed by atoms with E-state index in [0.29, 0.717) is 19.4 Å². The van der Waals surface area contributed by atoms with Crippen molar-refractivity contribution in [1.82, 2.24) is 10.2 Å². The van der Waals surface area contributed by atoms with Crippen LogP contribution in [0.1, 0.15) is 39.5 Å². The van der Waals surface area contributed by atoms with E-state index in [4.69, 9.17) is 5.73 Å². The van der Waals surface area contributed by atoms with Crippen molar-refractivity contribution >= 4 is 31.2 Å². The van der Waals surface area contributed by atoms with Gasteiger partial charge in [-0.1, -0.05) is 13.8 Å². The Morgan fingerprint density at radius 2 is 1.88 bits per heavy atom. The van der Waals surface area contributed by atoms with E-state index in [-0.39, 0.29) is 65.8 Å². The zero-order valence-electron chi connectivity index (χ0n) is 15.1. The Hall–Kier alpha value is -0.592. The number of β-lactam (4-membered cyclic amide) rings is 1. The maximum Gasteiger partial charge on any atom is 0.242 e. The number of aliphatic hydroxyl groups excluding tert-OH is 1. The Labute approximate surface area is 171 Å². The SMILES string of the molecule is CC(C)C(=O)NC1CCC2(CC1)CN([C@@H](CO)C(N)=O)C2=O.S.[CH3-].[W]. The minimum Gasteiger partial charge on any atom is -0.394 e. The smallest absolute Gasteiger partial charge is 0.242 e. The molecule has 9 heteroatoms. The average Bonchev–Trinajstić information content (AvgIpc) is 2.48. The summed E-state index contributed by atoms with van der Waals surface area (Å²) in [7, 11) is 0. The summed E-state index contributed by atoms with van der Waals surface area (Å²) >= 11 is 0. The van der Waals surface area contributed by atoms with Crippen molar-refractivity contribution in [2.24, 2.45) is 17.1 Å². The van der Waals surface area contributed by atoms with Crippen LogP contribution in [0.4, 0.5) is 0 Å². The molecule has 1 aliphatic heterocycles. The topological polar surface area (TPSA) is 113 Å². The minimum absolute atomic E-state index is 0. The normalized spacial score (nSPS) is 25.8.